The van der Waals surface area contributed by atoms with Crippen molar-refractivity contribution in [3.8, 4) is 5.88 Å². The Morgan fingerprint density at radius 2 is 1.62 bits per heavy atom. The predicted octanol–water partition coefficient (Wildman–Crippen LogP) is 3.88. The first-order chi connectivity index (χ1) is 15.5. The average molecular weight is 426 g/mol. The van der Waals surface area contributed by atoms with Crippen LogP contribution >= 0.6 is 0 Å². The number of hydrogen-bond acceptors (Lipinski definition) is 5. The van der Waals surface area contributed by atoms with Gasteiger partial charge >= 0.3 is 0 Å². The van der Waals surface area contributed by atoms with Gasteiger partial charge in [-0.3, -0.25) is 9.59 Å². The number of nitrogens with zero attached hydrogens (tertiary/aromatic N) is 2. The molecule has 4 aromatic rings. The van der Waals surface area contributed by atoms with Crippen molar-refractivity contribution in [1.82, 2.24) is 4.98 Å². The molecule has 0 fully saturated rings. The molecule has 0 aliphatic heterocycles. The van der Waals surface area contributed by atoms with Crippen molar-refractivity contribution < 1.29 is 14.7 Å². The maximum Gasteiger partial charge on any atom is 0.247 e. The van der Waals surface area contributed by atoms with Crippen molar-refractivity contribution in [2.75, 3.05) is 11.4 Å². The zero-order valence-electron chi connectivity index (χ0n) is 17.4. The van der Waals surface area contributed by atoms with Crippen LogP contribution in [-0.2, 0) is 9.59 Å². The summed E-state index contributed by atoms with van der Waals surface area (Å²) in [5.41, 5.74) is 9.27. The standard InChI is InChI=1S/C25H22N4O3/c1-16(30)29(22(31)15-26)19-13-11-18(12-14-19)27-24(17-7-3-2-4-8-17)23-20-9-5-6-10-21(20)28-25(23)32/h2-14,28,32H,15,26H2,1H3. The van der Waals surface area contributed by atoms with Crippen molar-refractivity contribution >= 4 is 39.8 Å². The zero-order chi connectivity index (χ0) is 22.7. The number of carbonyl (C=O) groups is 2. The highest BCUT2D eigenvalue weighted by Crippen LogP contribution is 2.31. The summed E-state index contributed by atoms with van der Waals surface area (Å²) in [6.45, 7) is 1.05. The fourth-order valence-corrected chi connectivity index (χ4v) is 3.63. The molecule has 7 nitrogen and oxygen atoms in total. The lowest BCUT2D eigenvalue weighted by molar-refractivity contribution is -0.124. The number of aliphatic imine (C=N–C) groups is 1. The summed E-state index contributed by atoms with van der Waals surface area (Å²) in [4.78, 5) is 32.8. The van der Waals surface area contributed by atoms with Gasteiger partial charge in [-0.1, -0.05) is 48.5 Å². The van der Waals surface area contributed by atoms with E-state index in [-0.39, 0.29) is 12.4 Å². The summed E-state index contributed by atoms with van der Waals surface area (Å²) in [6, 6.07) is 23.9. The topological polar surface area (TPSA) is 112 Å². The first-order valence-electron chi connectivity index (χ1n) is 10.1. The third-order valence-corrected chi connectivity index (χ3v) is 5.06. The fraction of sp³-hybridized carbons (Fsp3) is 0.0800. The molecule has 4 rings (SSSR count). The summed E-state index contributed by atoms with van der Waals surface area (Å²) in [7, 11) is 0. The largest absolute Gasteiger partial charge is 0.494 e. The second-order valence-corrected chi connectivity index (χ2v) is 7.19. The molecule has 0 spiro atoms. The second-order valence-electron chi connectivity index (χ2n) is 7.19. The number of aromatic amines is 1. The molecular weight excluding hydrogens is 404 g/mol. The maximum atomic E-state index is 12.0. The van der Waals surface area contributed by atoms with Crippen LogP contribution in [0.2, 0.25) is 0 Å². The molecule has 4 N–H and O–H groups in total. The Morgan fingerprint density at radius 1 is 0.969 bits per heavy atom. The van der Waals surface area contributed by atoms with E-state index in [9.17, 15) is 14.7 Å². The molecule has 0 radical (unpaired) electrons. The number of benzene rings is 3. The van der Waals surface area contributed by atoms with E-state index in [4.69, 9.17) is 10.7 Å². The number of nitrogens with one attached hydrogen (secondary N) is 1. The number of imide groups is 1. The number of rotatable bonds is 5. The van der Waals surface area contributed by atoms with Gasteiger partial charge in [0.25, 0.3) is 0 Å². The quantitative estimate of drug-likeness (QED) is 0.420. The summed E-state index contributed by atoms with van der Waals surface area (Å²) in [6.07, 6.45) is 0. The number of fused-ring (bicyclic) bond motifs is 1. The van der Waals surface area contributed by atoms with Gasteiger partial charge in [0, 0.05) is 23.4 Å². The van der Waals surface area contributed by atoms with Crippen LogP contribution < -0.4 is 10.6 Å². The van der Waals surface area contributed by atoms with E-state index in [0.717, 1.165) is 21.4 Å². The number of anilines is 1. The van der Waals surface area contributed by atoms with Crippen molar-refractivity contribution in [1.29, 1.82) is 0 Å². The molecular formula is C25H22N4O3. The molecule has 1 aromatic heterocycles. The van der Waals surface area contributed by atoms with E-state index in [1.165, 1.54) is 6.92 Å². The third-order valence-electron chi connectivity index (χ3n) is 5.06. The van der Waals surface area contributed by atoms with Crippen LogP contribution in [0.25, 0.3) is 10.9 Å². The van der Waals surface area contributed by atoms with Gasteiger partial charge in [0.05, 0.1) is 29.2 Å². The molecule has 0 atom stereocenters. The van der Waals surface area contributed by atoms with E-state index in [1.54, 1.807) is 24.3 Å². The average Bonchev–Trinajstić information content (AvgIpc) is 3.14. The Kier molecular flexibility index (Phi) is 5.83. The van der Waals surface area contributed by atoms with Crippen molar-refractivity contribution in [2.45, 2.75) is 6.92 Å². The number of para-hydroxylation sites is 1. The van der Waals surface area contributed by atoms with Crippen LogP contribution in [0.3, 0.4) is 0 Å². The SMILES string of the molecule is CC(=O)N(C(=O)CN)c1ccc(N=C(c2ccccc2)c2c(O)[nH]c3ccccc23)cc1. The highest BCUT2D eigenvalue weighted by Gasteiger charge is 2.20. The lowest BCUT2D eigenvalue weighted by Gasteiger charge is -2.18. The van der Waals surface area contributed by atoms with Crippen LogP contribution in [-0.4, -0.2) is 34.2 Å². The summed E-state index contributed by atoms with van der Waals surface area (Å²) < 4.78 is 0. The lowest BCUT2D eigenvalue weighted by atomic mass is 10.0. The van der Waals surface area contributed by atoms with Gasteiger partial charge in [0.1, 0.15) is 0 Å². The van der Waals surface area contributed by atoms with E-state index in [2.05, 4.69) is 4.98 Å². The van der Waals surface area contributed by atoms with Crippen LogP contribution in [0.1, 0.15) is 18.1 Å². The predicted molar refractivity (Wildman–Crippen MR) is 125 cm³/mol. The van der Waals surface area contributed by atoms with Crippen molar-refractivity contribution in [3.63, 3.8) is 0 Å². The summed E-state index contributed by atoms with van der Waals surface area (Å²) in [5.74, 6) is -0.866. The van der Waals surface area contributed by atoms with E-state index >= 15 is 0 Å². The molecule has 0 saturated carbocycles. The minimum Gasteiger partial charge on any atom is -0.494 e. The molecule has 160 valence electrons. The number of nitrogens with two attached hydrogens (primary N) is 1. The lowest BCUT2D eigenvalue weighted by Crippen LogP contribution is -2.39. The maximum absolute atomic E-state index is 12.0. The van der Waals surface area contributed by atoms with E-state index in [0.29, 0.717) is 22.6 Å². The van der Waals surface area contributed by atoms with Gasteiger partial charge in [-0.25, -0.2) is 9.89 Å². The van der Waals surface area contributed by atoms with Gasteiger partial charge in [-0.05, 0) is 30.3 Å². The fourth-order valence-electron chi connectivity index (χ4n) is 3.63. The number of amides is 2. The first kappa shape index (κ1) is 21.0. The first-order valence-corrected chi connectivity index (χ1v) is 10.1. The van der Waals surface area contributed by atoms with Crippen LogP contribution in [0.5, 0.6) is 5.88 Å². The molecule has 0 saturated heterocycles. The van der Waals surface area contributed by atoms with Crippen LogP contribution in [0.4, 0.5) is 11.4 Å². The third kappa shape index (κ3) is 4.01. The summed E-state index contributed by atoms with van der Waals surface area (Å²) >= 11 is 0. The van der Waals surface area contributed by atoms with Crippen molar-refractivity contribution in [3.05, 3.63) is 90.0 Å². The number of aromatic hydroxyl groups is 1. The second kappa shape index (κ2) is 8.87. The smallest absolute Gasteiger partial charge is 0.247 e. The molecule has 3 aromatic carbocycles. The van der Waals surface area contributed by atoms with Gasteiger partial charge in [-0.15, -0.1) is 0 Å². The number of hydrogen-bond donors (Lipinski definition) is 3. The molecule has 7 heteroatoms. The highest BCUT2D eigenvalue weighted by molar-refractivity contribution is 6.22. The highest BCUT2D eigenvalue weighted by atomic mass is 16.3. The number of aromatic nitrogens is 1. The van der Waals surface area contributed by atoms with Crippen LogP contribution in [0.15, 0.2) is 83.9 Å². The zero-order valence-corrected chi connectivity index (χ0v) is 17.4. The molecule has 0 bridgehead atoms. The summed E-state index contributed by atoms with van der Waals surface area (Å²) in [5, 5.41) is 11.5. The number of carbonyl (C=O) groups excluding carboxylic acids is 2. The number of H-pyrrole nitrogens is 1. The Bertz CT molecular complexity index is 1310. The minimum atomic E-state index is -0.484. The van der Waals surface area contributed by atoms with Gasteiger partial charge in [0.2, 0.25) is 11.8 Å². The molecule has 0 unspecified atom stereocenters. The Labute approximate surface area is 184 Å². The van der Waals surface area contributed by atoms with Gasteiger partial charge in [-0.2, -0.15) is 0 Å². The van der Waals surface area contributed by atoms with Crippen LogP contribution in [0, 0.1) is 0 Å². The molecule has 0 aliphatic carbocycles. The monoisotopic (exact) mass is 426 g/mol. The Hall–Kier alpha value is -4.23. The Morgan fingerprint density at radius 3 is 2.28 bits per heavy atom. The molecule has 32 heavy (non-hydrogen) atoms. The van der Waals surface area contributed by atoms with Gasteiger partial charge in [0.15, 0.2) is 5.88 Å². The van der Waals surface area contributed by atoms with E-state index in [1.807, 2.05) is 54.6 Å². The Balaban J connectivity index is 1.83. The molecule has 1 heterocycles. The molecule has 0 aliphatic rings. The van der Waals surface area contributed by atoms with Gasteiger partial charge < -0.3 is 15.8 Å². The van der Waals surface area contributed by atoms with Crippen molar-refractivity contribution in [2.24, 2.45) is 10.7 Å². The molecule has 2 amide bonds. The normalized spacial score (nSPS) is 11.5. The minimum absolute atomic E-state index is 0.0294. The van der Waals surface area contributed by atoms with E-state index < -0.39 is 11.8 Å².